The predicted molar refractivity (Wildman–Crippen MR) is 37.3 cm³/mol. The van der Waals surface area contributed by atoms with Crippen molar-refractivity contribution in [2.24, 2.45) is 5.92 Å². The lowest BCUT2D eigenvalue weighted by Gasteiger charge is -1.87. The molecular weight excluding hydrogens is 112 g/mol. The second-order valence-electron chi connectivity index (χ2n) is 1.96. The molecule has 0 saturated heterocycles. The standard InChI is InChI=1S/C7H10N2/c1-6(5-8)3-4-7(2)9/h3-4,6,9H,1-2H3/b4-3-,9-7?. The molecule has 2 nitrogen and oxygen atoms in total. The van der Waals surface area contributed by atoms with Gasteiger partial charge in [-0.05, 0) is 19.9 Å². The lowest BCUT2D eigenvalue weighted by Crippen LogP contribution is -1.84. The van der Waals surface area contributed by atoms with Gasteiger partial charge in [0, 0.05) is 5.71 Å². The Bertz CT molecular complexity index is 162. The van der Waals surface area contributed by atoms with Crippen LogP contribution in [0.5, 0.6) is 0 Å². The second-order valence-corrected chi connectivity index (χ2v) is 1.96. The number of hydrogen-bond acceptors (Lipinski definition) is 2. The first-order chi connectivity index (χ1) is 4.16. The number of hydrogen-bond donors (Lipinski definition) is 1. The van der Waals surface area contributed by atoms with Crippen molar-refractivity contribution in [2.75, 3.05) is 0 Å². The summed E-state index contributed by atoms with van der Waals surface area (Å²) in [5, 5.41) is 15.2. The molecule has 48 valence electrons. The number of allylic oxidation sites excluding steroid dienone is 2. The zero-order valence-corrected chi connectivity index (χ0v) is 5.68. The lowest BCUT2D eigenvalue weighted by molar-refractivity contribution is 0.957. The number of rotatable bonds is 2. The number of nitrogens with zero attached hydrogens (tertiary/aromatic N) is 1. The van der Waals surface area contributed by atoms with Gasteiger partial charge in [-0.15, -0.1) is 0 Å². The fourth-order valence-electron chi connectivity index (χ4n) is 0.332. The Hall–Kier alpha value is -1.10. The molecular formula is C7H10N2. The molecule has 1 N–H and O–H groups in total. The third-order valence-electron chi connectivity index (χ3n) is 0.839. The van der Waals surface area contributed by atoms with Gasteiger partial charge in [0.15, 0.2) is 0 Å². The summed E-state index contributed by atoms with van der Waals surface area (Å²) in [5.41, 5.74) is 0.483. The zero-order valence-electron chi connectivity index (χ0n) is 5.68. The minimum Gasteiger partial charge on any atom is -0.306 e. The molecule has 1 atom stereocenters. The third-order valence-corrected chi connectivity index (χ3v) is 0.839. The van der Waals surface area contributed by atoms with E-state index in [0.29, 0.717) is 5.71 Å². The molecule has 0 fully saturated rings. The van der Waals surface area contributed by atoms with Gasteiger partial charge in [-0.1, -0.05) is 6.08 Å². The van der Waals surface area contributed by atoms with Crippen molar-refractivity contribution in [2.45, 2.75) is 13.8 Å². The van der Waals surface area contributed by atoms with Crippen LogP contribution < -0.4 is 0 Å². The van der Waals surface area contributed by atoms with E-state index in [-0.39, 0.29) is 5.92 Å². The normalized spacial score (nSPS) is 13.0. The minimum atomic E-state index is -0.0784. The molecule has 0 amide bonds. The smallest absolute Gasteiger partial charge is 0.0694 e. The Balaban J connectivity index is 3.74. The molecule has 0 aliphatic heterocycles. The van der Waals surface area contributed by atoms with Crippen LogP contribution in [0.1, 0.15) is 13.8 Å². The van der Waals surface area contributed by atoms with Gasteiger partial charge in [0.05, 0.1) is 12.0 Å². The maximum Gasteiger partial charge on any atom is 0.0694 e. The van der Waals surface area contributed by atoms with Gasteiger partial charge in [-0.2, -0.15) is 5.26 Å². The van der Waals surface area contributed by atoms with Crippen LogP contribution >= 0.6 is 0 Å². The summed E-state index contributed by atoms with van der Waals surface area (Å²) >= 11 is 0. The van der Waals surface area contributed by atoms with E-state index in [9.17, 15) is 0 Å². The molecule has 2 heteroatoms. The van der Waals surface area contributed by atoms with E-state index in [1.54, 1.807) is 26.0 Å². The average molecular weight is 122 g/mol. The van der Waals surface area contributed by atoms with Crippen molar-refractivity contribution in [3.8, 4) is 6.07 Å². The molecule has 0 bridgehead atoms. The fraction of sp³-hybridized carbons (Fsp3) is 0.429. The highest BCUT2D eigenvalue weighted by Crippen LogP contribution is 1.92. The van der Waals surface area contributed by atoms with Crippen LogP contribution in [0.25, 0.3) is 0 Å². The quantitative estimate of drug-likeness (QED) is 0.557. The van der Waals surface area contributed by atoms with Gasteiger partial charge in [-0.3, -0.25) is 0 Å². The Morgan fingerprint density at radius 1 is 1.78 bits per heavy atom. The van der Waals surface area contributed by atoms with Crippen molar-refractivity contribution in [1.29, 1.82) is 10.7 Å². The summed E-state index contributed by atoms with van der Waals surface area (Å²) in [6.07, 6.45) is 3.34. The Labute approximate surface area is 55.3 Å². The van der Waals surface area contributed by atoms with Crippen LogP contribution in [0.4, 0.5) is 0 Å². The Kier molecular flexibility index (Phi) is 3.38. The molecule has 0 aromatic heterocycles. The molecule has 9 heavy (non-hydrogen) atoms. The Morgan fingerprint density at radius 2 is 2.33 bits per heavy atom. The van der Waals surface area contributed by atoms with Crippen LogP contribution in [0.15, 0.2) is 12.2 Å². The van der Waals surface area contributed by atoms with E-state index in [4.69, 9.17) is 10.7 Å². The van der Waals surface area contributed by atoms with Crippen molar-refractivity contribution >= 4 is 5.71 Å². The molecule has 0 aromatic carbocycles. The van der Waals surface area contributed by atoms with E-state index in [0.717, 1.165) is 0 Å². The van der Waals surface area contributed by atoms with E-state index < -0.39 is 0 Å². The summed E-state index contributed by atoms with van der Waals surface area (Å²) in [6, 6.07) is 2.04. The first-order valence-electron chi connectivity index (χ1n) is 2.79. The van der Waals surface area contributed by atoms with Crippen LogP contribution in [0.2, 0.25) is 0 Å². The maximum atomic E-state index is 8.28. The van der Waals surface area contributed by atoms with Crippen LogP contribution in [-0.4, -0.2) is 5.71 Å². The average Bonchev–Trinajstić information content (AvgIpc) is 1.83. The van der Waals surface area contributed by atoms with E-state index >= 15 is 0 Å². The summed E-state index contributed by atoms with van der Waals surface area (Å²) < 4.78 is 0. The molecule has 1 unspecified atom stereocenters. The summed E-state index contributed by atoms with van der Waals surface area (Å²) in [6.45, 7) is 3.47. The Morgan fingerprint density at radius 3 is 2.67 bits per heavy atom. The van der Waals surface area contributed by atoms with Crippen LogP contribution in [-0.2, 0) is 0 Å². The molecule has 0 aliphatic rings. The number of nitrogens with one attached hydrogen (secondary N) is 1. The van der Waals surface area contributed by atoms with Gasteiger partial charge in [0.1, 0.15) is 0 Å². The molecule has 0 radical (unpaired) electrons. The van der Waals surface area contributed by atoms with Gasteiger partial charge in [-0.25, -0.2) is 0 Å². The molecule has 0 rings (SSSR count). The lowest BCUT2D eigenvalue weighted by atomic mass is 10.2. The van der Waals surface area contributed by atoms with Crippen molar-refractivity contribution in [3.05, 3.63) is 12.2 Å². The predicted octanol–water partition coefficient (Wildman–Crippen LogP) is 1.74. The van der Waals surface area contributed by atoms with Gasteiger partial charge in [0.2, 0.25) is 0 Å². The maximum absolute atomic E-state index is 8.28. The van der Waals surface area contributed by atoms with Gasteiger partial charge >= 0.3 is 0 Å². The van der Waals surface area contributed by atoms with Crippen molar-refractivity contribution in [3.63, 3.8) is 0 Å². The molecule has 0 aliphatic carbocycles. The van der Waals surface area contributed by atoms with Gasteiger partial charge in [0.25, 0.3) is 0 Å². The largest absolute Gasteiger partial charge is 0.306 e. The fourth-order valence-corrected chi connectivity index (χ4v) is 0.332. The molecule has 0 heterocycles. The SMILES string of the molecule is CC(=N)/C=C\C(C)C#N. The highest BCUT2D eigenvalue weighted by atomic mass is 14.4. The highest BCUT2D eigenvalue weighted by Gasteiger charge is 1.88. The number of nitriles is 1. The van der Waals surface area contributed by atoms with Gasteiger partial charge < -0.3 is 5.41 Å². The summed E-state index contributed by atoms with van der Waals surface area (Å²) in [7, 11) is 0. The monoisotopic (exact) mass is 122 g/mol. The van der Waals surface area contributed by atoms with Crippen molar-refractivity contribution < 1.29 is 0 Å². The van der Waals surface area contributed by atoms with Crippen molar-refractivity contribution in [1.82, 2.24) is 0 Å². The van der Waals surface area contributed by atoms with E-state index in [2.05, 4.69) is 0 Å². The van der Waals surface area contributed by atoms with E-state index in [1.807, 2.05) is 6.07 Å². The van der Waals surface area contributed by atoms with Crippen LogP contribution in [0, 0.1) is 22.7 Å². The zero-order chi connectivity index (χ0) is 7.28. The first kappa shape index (κ1) is 7.90. The summed E-state index contributed by atoms with van der Waals surface area (Å²) in [4.78, 5) is 0. The second kappa shape index (κ2) is 3.85. The summed E-state index contributed by atoms with van der Waals surface area (Å²) in [5.74, 6) is -0.0784. The first-order valence-corrected chi connectivity index (χ1v) is 2.79. The highest BCUT2D eigenvalue weighted by molar-refractivity contribution is 5.89. The minimum absolute atomic E-state index is 0.0784. The topological polar surface area (TPSA) is 47.6 Å². The molecule has 0 aromatic rings. The van der Waals surface area contributed by atoms with E-state index in [1.165, 1.54) is 0 Å². The third kappa shape index (κ3) is 4.76. The molecule has 0 spiro atoms. The van der Waals surface area contributed by atoms with Crippen LogP contribution in [0.3, 0.4) is 0 Å². The molecule has 0 saturated carbocycles.